The van der Waals surface area contributed by atoms with Crippen molar-refractivity contribution in [2.24, 2.45) is 0 Å². The van der Waals surface area contributed by atoms with Crippen molar-refractivity contribution in [1.82, 2.24) is 9.62 Å². The first-order chi connectivity index (χ1) is 9.36. The molecule has 0 radical (unpaired) electrons. The zero-order chi connectivity index (χ0) is 15.2. The molecule has 3 N–H and O–H groups in total. The Bertz CT molecular complexity index is 532. The van der Waals surface area contributed by atoms with Gasteiger partial charge in [-0.05, 0) is 37.7 Å². The van der Waals surface area contributed by atoms with E-state index in [1.165, 1.54) is 6.07 Å². The summed E-state index contributed by atoms with van der Waals surface area (Å²) in [6, 6.07) is 4.69. The van der Waals surface area contributed by atoms with Crippen LogP contribution in [0.1, 0.15) is 5.56 Å². The van der Waals surface area contributed by atoms with Gasteiger partial charge in [-0.25, -0.2) is 13.1 Å². The van der Waals surface area contributed by atoms with Gasteiger partial charge in [0.2, 0.25) is 10.0 Å². The summed E-state index contributed by atoms with van der Waals surface area (Å²) < 4.78 is 31.7. The van der Waals surface area contributed by atoms with Gasteiger partial charge in [0.1, 0.15) is 0 Å². The van der Waals surface area contributed by atoms with Gasteiger partial charge in [-0.1, -0.05) is 0 Å². The van der Waals surface area contributed by atoms with Crippen molar-refractivity contribution in [2.45, 2.75) is 11.8 Å². The molecule has 0 bridgehead atoms. The van der Waals surface area contributed by atoms with Crippen LogP contribution in [0.4, 0.5) is 5.69 Å². The molecule has 0 spiro atoms. The van der Waals surface area contributed by atoms with Crippen LogP contribution < -0.4 is 10.5 Å². The lowest BCUT2D eigenvalue weighted by Crippen LogP contribution is -2.34. The number of hydrogen-bond acceptors (Lipinski definition) is 5. The standard InChI is InChI=1S/C13H23N3O3S/c1-11-10-12(4-5-13(11)14)20(17,18)15-6-7-16(2)8-9-19-3/h4-5,10,15H,6-9,14H2,1-3H3. The maximum atomic E-state index is 12.1. The quantitative estimate of drug-likeness (QED) is 0.680. The van der Waals surface area contributed by atoms with E-state index in [4.69, 9.17) is 10.5 Å². The van der Waals surface area contributed by atoms with E-state index in [0.29, 0.717) is 25.4 Å². The summed E-state index contributed by atoms with van der Waals surface area (Å²) in [5.41, 5.74) is 7.03. The number of anilines is 1. The molecule has 0 fully saturated rings. The predicted molar refractivity (Wildman–Crippen MR) is 80.2 cm³/mol. The number of methoxy groups -OCH3 is 1. The van der Waals surface area contributed by atoms with E-state index in [1.807, 2.05) is 11.9 Å². The monoisotopic (exact) mass is 301 g/mol. The van der Waals surface area contributed by atoms with E-state index in [2.05, 4.69) is 4.72 Å². The zero-order valence-corrected chi connectivity index (χ0v) is 13.0. The third kappa shape index (κ3) is 5.09. The fraction of sp³-hybridized carbons (Fsp3) is 0.538. The highest BCUT2D eigenvalue weighted by molar-refractivity contribution is 7.89. The molecule has 0 amide bonds. The van der Waals surface area contributed by atoms with E-state index in [-0.39, 0.29) is 4.90 Å². The highest BCUT2D eigenvalue weighted by atomic mass is 32.2. The molecule has 0 unspecified atom stereocenters. The van der Waals surface area contributed by atoms with Gasteiger partial charge >= 0.3 is 0 Å². The number of ether oxygens (including phenoxy) is 1. The predicted octanol–water partition coefficient (Wildman–Crippen LogP) is 0.434. The summed E-state index contributed by atoms with van der Waals surface area (Å²) in [5.74, 6) is 0. The lowest BCUT2D eigenvalue weighted by atomic mass is 10.2. The molecule has 0 aliphatic carbocycles. The molecule has 114 valence electrons. The Morgan fingerprint density at radius 1 is 1.35 bits per heavy atom. The second-order valence-corrected chi connectivity index (χ2v) is 6.48. The first-order valence-corrected chi connectivity index (χ1v) is 7.88. The third-order valence-corrected chi connectivity index (χ3v) is 4.47. The number of nitrogens with one attached hydrogen (secondary N) is 1. The molecule has 1 aromatic rings. The number of likely N-dealkylation sites (N-methyl/N-ethyl adjacent to an activating group) is 1. The zero-order valence-electron chi connectivity index (χ0n) is 12.2. The summed E-state index contributed by atoms with van der Waals surface area (Å²) >= 11 is 0. The molecule has 1 rings (SSSR count). The largest absolute Gasteiger partial charge is 0.399 e. The molecule has 6 nitrogen and oxygen atoms in total. The number of aryl methyl sites for hydroxylation is 1. The van der Waals surface area contributed by atoms with Crippen molar-refractivity contribution in [3.05, 3.63) is 23.8 Å². The van der Waals surface area contributed by atoms with Crippen LogP contribution in [-0.2, 0) is 14.8 Å². The molecule has 0 atom stereocenters. The van der Waals surface area contributed by atoms with Crippen LogP contribution in [0.2, 0.25) is 0 Å². The van der Waals surface area contributed by atoms with Gasteiger partial charge in [0, 0.05) is 32.4 Å². The van der Waals surface area contributed by atoms with Gasteiger partial charge in [0.15, 0.2) is 0 Å². The minimum Gasteiger partial charge on any atom is -0.399 e. The fourth-order valence-corrected chi connectivity index (χ4v) is 2.73. The molecule has 0 heterocycles. The Morgan fingerprint density at radius 3 is 2.65 bits per heavy atom. The van der Waals surface area contributed by atoms with Crippen molar-refractivity contribution in [3.63, 3.8) is 0 Å². The summed E-state index contributed by atoms with van der Waals surface area (Å²) in [5, 5.41) is 0. The van der Waals surface area contributed by atoms with Crippen LogP contribution in [0.3, 0.4) is 0 Å². The van der Waals surface area contributed by atoms with E-state index < -0.39 is 10.0 Å². The van der Waals surface area contributed by atoms with Gasteiger partial charge in [0.05, 0.1) is 11.5 Å². The maximum Gasteiger partial charge on any atom is 0.240 e. The van der Waals surface area contributed by atoms with Gasteiger partial charge in [-0.2, -0.15) is 0 Å². The fourth-order valence-electron chi connectivity index (χ4n) is 1.63. The minimum atomic E-state index is -3.48. The van der Waals surface area contributed by atoms with Gasteiger partial charge in [0.25, 0.3) is 0 Å². The van der Waals surface area contributed by atoms with Crippen LogP contribution in [0, 0.1) is 6.92 Å². The summed E-state index contributed by atoms with van der Waals surface area (Å²) in [6.45, 7) is 4.15. The number of nitrogens with zero attached hydrogens (tertiary/aromatic N) is 1. The Morgan fingerprint density at radius 2 is 2.05 bits per heavy atom. The number of nitrogen functional groups attached to an aromatic ring is 1. The molecule has 0 aliphatic heterocycles. The van der Waals surface area contributed by atoms with Crippen LogP contribution in [0.5, 0.6) is 0 Å². The van der Waals surface area contributed by atoms with Crippen molar-refractivity contribution in [3.8, 4) is 0 Å². The number of benzene rings is 1. The molecular weight excluding hydrogens is 278 g/mol. The minimum absolute atomic E-state index is 0.240. The molecule has 0 saturated carbocycles. The van der Waals surface area contributed by atoms with E-state index in [1.54, 1.807) is 26.2 Å². The van der Waals surface area contributed by atoms with E-state index >= 15 is 0 Å². The van der Waals surface area contributed by atoms with Gasteiger partial charge in [-0.3, -0.25) is 0 Å². The van der Waals surface area contributed by atoms with Crippen molar-refractivity contribution in [2.75, 3.05) is 46.1 Å². The highest BCUT2D eigenvalue weighted by Gasteiger charge is 2.14. The highest BCUT2D eigenvalue weighted by Crippen LogP contribution is 2.16. The van der Waals surface area contributed by atoms with Crippen LogP contribution in [-0.4, -0.2) is 53.7 Å². The topological polar surface area (TPSA) is 84.7 Å². The summed E-state index contributed by atoms with van der Waals surface area (Å²) in [6.07, 6.45) is 0. The van der Waals surface area contributed by atoms with Crippen LogP contribution >= 0.6 is 0 Å². The molecule has 0 saturated heterocycles. The number of hydrogen-bond donors (Lipinski definition) is 2. The normalized spacial score (nSPS) is 12.0. The Kier molecular flexibility index (Phi) is 6.41. The second kappa shape index (κ2) is 7.58. The van der Waals surface area contributed by atoms with Gasteiger partial charge < -0.3 is 15.4 Å². The van der Waals surface area contributed by atoms with Crippen molar-refractivity contribution < 1.29 is 13.2 Å². The van der Waals surface area contributed by atoms with Crippen molar-refractivity contribution >= 4 is 15.7 Å². The van der Waals surface area contributed by atoms with Crippen LogP contribution in [0.15, 0.2) is 23.1 Å². The third-order valence-electron chi connectivity index (χ3n) is 3.01. The van der Waals surface area contributed by atoms with E-state index in [0.717, 1.165) is 12.1 Å². The maximum absolute atomic E-state index is 12.1. The first kappa shape index (κ1) is 16.9. The summed E-state index contributed by atoms with van der Waals surface area (Å²) in [4.78, 5) is 2.24. The molecular formula is C13H23N3O3S. The summed E-state index contributed by atoms with van der Waals surface area (Å²) in [7, 11) is 0.0770. The SMILES string of the molecule is COCCN(C)CCNS(=O)(=O)c1ccc(N)c(C)c1. The molecule has 0 aliphatic rings. The van der Waals surface area contributed by atoms with Gasteiger partial charge in [-0.15, -0.1) is 0 Å². The first-order valence-electron chi connectivity index (χ1n) is 6.40. The lowest BCUT2D eigenvalue weighted by Gasteiger charge is -2.16. The molecule has 1 aromatic carbocycles. The van der Waals surface area contributed by atoms with Crippen LogP contribution in [0.25, 0.3) is 0 Å². The lowest BCUT2D eigenvalue weighted by molar-refractivity contribution is 0.162. The smallest absolute Gasteiger partial charge is 0.240 e. The molecule has 20 heavy (non-hydrogen) atoms. The Balaban J connectivity index is 2.55. The Hall–Kier alpha value is -1.15. The second-order valence-electron chi connectivity index (χ2n) is 4.71. The molecule has 0 aromatic heterocycles. The number of nitrogens with two attached hydrogens (primary N) is 1. The number of sulfonamides is 1. The molecule has 7 heteroatoms. The average molecular weight is 301 g/mol. The average Bonchev–Trinajstić information content (AvgIpc) is 2.39. The van der Waals surface area contributed by atoms with E-state index in [9.17, 15) is 8.42 Å². The number of rotatable bonds is 8. The van der Waals surface area contributed by atoms with Crippen molar-refractivity contribution in [1.29, 1.82) is 0 Å². The Labute approximate surface area is 121 Å².